The maximum absolute atomic E-state index is 12.4. The Bertz CT molecular complexity index is 456. The lowest BCUT2D eigenvalue weighted by molar-refractivity contribution is 0.0157. The SMILES string of the molecule is CNc1ccncc1C(=O)N(C)CC1(O)CCCC1. The summed E-state index contributed by atoms with van der Waals surface area (Å²) in [6.45, 7) is 0.379. The van der Waals surface area contributed by atoms with Gasteiger partial charge in [-0.3, -0.25) is 9.78 Å². The van der Waals surface area contributed by atoms with Crippen LogP contribution in [0, 0.1) is 0 Å². The van der Waals surface area contributed by atoms with Crippen LogP contribution >= 0.6 is 0 Å². The summed E-state index contributed by atoms with van der Waals surface area (Å²) in [5.41, 5.74) is 0.575. The van der Waals surface area contributed by atoms with E-state index in [9.17, 15) is 9.90 Å². The lowest BCUT2D eigenvalue weighted by Gasteiger charge is -2.29. The van der Waals surface area contributed by atoms with Crippen LogP contribution in [0.4, 0.5) is 5.69 Å². The number of likely N-dealkylation sites (N-methyl/N-ethyl adjacent to an activating group) is 1. The van der Waals surface area contributed by atoms with E-state index in [1.807, 2.05) is 0 Å². The molecule has 0 atom stereocenters. The molecule has 1 amide bonds. The number of anilines is 1. The largest absolute Gasteiger partial charge is 0.388 e. The number of nitrogens with one attached hydrogen (secondary N) is 1. The number of hydrogen-bond acceptors (Lipinski definition) is 4. The molecule has 0 radical (unpaired) electrons. The van der Waals surface area contributed by atoms with Crippen molar-refractivity contribution in [1.29, 1.82) is 0 Å². The lowest BCUT2D eigenvalue weighted by Crippen LogP contribution is -2.42. The lowest BCUT2D eigenvalue weighted by atomic mass is 10.0. The molecule has 0 spiro atoms. The van der Waals surface area contributed by atoms with E-state index in [0.29, 0.717) is 12.1 Å². The number of hydrogen-bond donors (Lipinski definition) is 2. The third kappa shape index (κ3) is 3.04. The Morgan fingerprint density at radius 3 is 2.84 bits per heavy atom. The van der Waals surface area contributed by atoms with E-state index in [2.05, 4.69) is 10.3 Å². The summed E-state index contributed by atoms with van der Waals surface area (Å²) < 4.78 is 0. The van der Waals surface area contributed by atoms with Crippen molar-refractivity contribution in [2.24, 2.45) is 0 Å². The van der Waals surface area contributed by atoms with Crippen molar-refractivity contribution in [3.8, 4) is 0 Å². The van der Waals surface area contributed by atoms with E-state index in [1.54, 1.807) is 37.5 Å². The second-order valence-electron chi connectivity index (χ2n) is 5.26. The van der Waals surface area contributed by atoms with E-state index >= 15 is 0 Å². The molecule has 1 saturated carbocycles. The van der Waals surface area contributed by atoms with Gasteiger partial charge in [0.25, 0.3) is 5.91 Å². The smallest absolute Gasteiger partial charge is 0.257 e. The summed E-state index contributed by atoms with van der Waals surface area (Å²) in [4.78, 5) is 18.0. The quantitative estimate of drug-likeness (QED) is 0.864. The summed E-state index contributed by atoms with van der Waals surface area (Å²) in [7, 11) is 3.50. The molecule has 2 rings (SSSR count). The van der Waals surface area contributed by atoms with Crippen LogP contribution in [-0.2, 0) is 0 Å². The van der Waals surface area contributed by atoms with E-state index in [-0.39, 0.29) is 5.91 Å². The standard InChI is InChI=1S/C14H21N3O2/c1-15-12-5-8-16-9-11(12)13(18)17(2)10-14(19)6-3-4-7-14/h5,8-9,19H,3-4,6-7,10H2,1-2H3,(H,15,16). The number of nitrogens with zero attached hydrogens (tertiary/aromatic N) is 2. The second-order valence-corrected chi connectivity index (χ2v) is 5.26. The van der Waals surface area contributed by atoms with Crippen LogP contribution in [0.5, 0.6) is 0 Å². The fraction of sp³-hybridized carbons (Fsp3) is 0.571. The van der Waals surface area contributed by atoms with E-state index in [0.717, 1.165) is 31.4 Å². The molecular formula is C14H21N3O2. The molecule has 5 nitrogen and oxygen atoms in total. The topological polar surface area (TPSA) is 65.5 Å². The maximum Gasteiger partial charge on any atom is 0.257 e. The van der Waals surface area contributed by atoms with Crippen molar-refractivity contribution in [3.63, 3.8) is 0 Å². The van der Waals surface area contributed by atoms with Crippen molar-refractivity contribution in [3.05, 3.63) is 24.0 Å². The highest BCUT2D eigenvalue weighted by molar-refractivity contribution is 5.99. The number of amides is 1. The van der Waals surface area contributed by atoms with Gasteiger partial charge in [-0.1, -0.05) is 12.8 Å². The Kier molecular flexibility index (Phi) is 4.04. The monoisotopic (exact) mass is 263 g/mol. The number of aliphatic hydroxyl groups is 1. The van der Waals surface area contributed by atoms with Crippen LogP contribution in [0.15, 0.2) is 18.5 Å². The first-order chi connectivity index (χ1) is 9.06. The molecule has 1 heterocycles. The highest BCUT2D eigenvalue weighted by Crippen LogP contribution is 2.30. The molecule has 2 N–H and O–H groups in total. The van der Waals surface area contributed by atoms with Gasteiger partial charge in [-0.05, 0) is 18.9 Å². The molecule has 1 fully saturated rings. The highest BCUT2D eigenvalue weighted by atomic mass is 16.3. The van der Waals surface area contributed by atoms with Crippen LogP contribution in [0.2, 0.25) is 0 Å². The van der Waals surface area contributed by atoms with Crippen molar-refractivity contribution in [1.82, 2.24) is 9.88 Å². The Morgan fingerprint density at radius 2 is 2.21 bits per heavy atom. The minimum atomic E-state index is -0.716. The minimum absolute atomic E-state index is 0.113. The summed E-state index contributed by atoms with van der Waals surface area (Å²) in [5, 5.41) is 13.3. The van der Waals surface area contributed by atoms with Gasteiger partial charge < -0.3 is 15.3 Å². The molecule has 1 aromatic heterocycles. The van der Waals surface area contributed by atoms with Crippen molar-refractivity contribution < 1.29 is 9.90 Å². The highest BCUT2D eigenvalue weighted by Gasteiger charge is 2.33. The molecule has 1 aliphatic carbocycles. The van der Waals surface area contributed by atoms with Crippen LogP contribution in [0.25, 0.3) is 0 Å². The molecule has 0 saturated heterocycles. The molecule has 1 aliphatic rings. The zero-order chi connectivity index (χ0) is 13.9. The van der Waals surface area contributed by atoms with Crippen LogP contribution in [-0.4, -0.2) is 47.1 Å². The second kappa shape index (κ2) is 5.57. The predicted octanol–water partition coefficient (Wildman–Crippen LogP) is 1.50. The van der Waals surface area contributed by atoms with E-state index in [4.69, 9.17) is 0 Å². The van der Waals surface area contributed by atoms with Gasteiger partial charge in [0.05, 0.1) is 11.2 Å². The fourth-order valence-electron chi connectivity index (χ4n) is 2.69. The Labute approximate surface area is 113 Å². The molecule has 0 aromatic carbocycles. The van der Waals surface area contributed by atoms with Crippen LogP contribution in [0.1, 0.15) is 36.0 Å². The molecule has 1 aromatic rings. The molecule has 104 valence electrons. The van der Waals surface area contributed by atoms with E-state index < -0.39 is 5.60 Å². The average molecular weight is 263 g/mol. The van der Waals surface area contributed by atoms with Crippen molar-refractivity contribution >= 4 is 11.6 Å². The zero-order valence-electron chi connectivity index (χ0n) is 11.5. The summed E-state index contributed by atoms with van der Waals surface area (Å²) in [5.74, 6) is -0.113. The number of rotatable bonds is 4. The third-order valence-corrected chi connectivity index (χ3v) is 3.73. The fourth-order valence-corrected chi connectivity index (χ4v) is 2.69. The molecule has 0 unspecified atom stereocenters. The third-order valence-electron chi connectivity index (χ3n) is 3.73. The predicted molar refractivity (Wildman–Crippen MR) is 74.2 cm³/mol. The first kappa shape index (κ1) is 13.8. The van der Waals surface area contributed by atoms with Crippen molar-refractivity contribution in [2.75, 3.05) is 26.0 Å². The molecule has 0 aliphatic heterocycles. The maximum atomic E-state index is 12.4. The van der Waals surface area contributed by atoms with Crippen molar-refractivity contribution in [2.45, 2.75) is 31.3 Å². The Balaban J connectivity index is 2.10. The first-order valence-corrected chi connectivity index (χ1v) is 6.65. The van der Waals surface area contributed by atoms with Gasteiger partial charge in [-0.25, -0.2) is 0 Å². The molecular weight excluding hydrogens is 242 g/mol. The number of carbonyl (C=O) groups excluding carboxylic acids is 1. The summed E-state index contributed by atoms with van der Waals surface area (Å²) >= 11 is 0. The molecule has 0 bridgehead atoms. The van der Waals surface area contributed by atoms with E-state index in [1.165, 1.54) is 0 Å². The van der Waals surface area contributed by atoms with Gasteiger partial charge in [0.15, 0.2) is 0 Å². The Hall–Kier alpha value is -1.62. The summed E-state index contributed by atoms with van der Waals surface area (Å²) in [6, 6.07) is 1.77. The average Bonchev–Trinajstić information content (AvgIpc) is 2.84. The van der Waals surface area contributed by atoms with Gasteiger partial charge in [0, 0.05) is 38.7 Å². The number of pyridine rings is 1. The van der Waals surface area contributed by atoms with Gasteiger partial charge in [-0.15, -0.1) is 0 Å². The molecule has 19 heavy (non-hydrogen) atoms. The number of aromatic nitrogens is 1. The van der Waals surface area contributed by atoms with Gasteiger partial charge >= 0.3 is 0 Å². The number of carbonyl (C=O) groups is 1. The first-order valence-electron chi connectivity index (χ1n) is 6.65. The van der Waals surface area contributed by atoms with Gasteiger partial charge in [0.1, 0.15) is 0 Å². The normalized spacial score (nSPS) is 17.2. The van der Waals surface area contributed by atoms with Gasteiger partial charge in [-0.2, -0.15) is 0 Å². The molecule has 5 heteroatoms. The van der Waals surface area contributed by atoms with Gasteiger partial charge in [0.2, 0.25) is 0 Å². The minimum Gasteiger partial charge on any atom is -0.388 e. The van der Waals surface area contributed by atoms with Crippen LogP contribution in [0.3, 0.4) is 0 Å². The summed E-state index contributed by atoms with van der Waals surface area (Å²) in [6.07, 6.45) is 6.82. The zero-order valence-corrected chi connectivity index (χ0v) is 11.5. The Morgan fingerprint density at radius 1 is 1.53 bits per heavy atom. The van der Waals surface area contributed by atoms with Crippen LogP contribution < -0.4 is 5.32 Å².